The molecule has 6 rings (SSSR count). The first-order valence-corrected chi connectivity index (χ1v) is 13.2. The molecule has 2 amide bonds. The number of fused-ring (bicyclic) bond motifs is 1. The largest absolute Gasteiger partial charge is 0.369 e. The van der Waals surface area contributed by atoms with Crippen LogP contribution in [0.25, 0.3) is 27.8 Å². The second-order valence-electron chi connectivity index (χ2n) is 10.0. The van der Waals surface area contributed by atoms with Gasteiger partial charge in [-0.3, -0.25) is 14.9 Å². The van der Waals surface area contributed by atoms with Crippen molar-refractivity contribution < 1.29 is 9.59 Å². The van der Waals surface area contributed by atoms with Crippen LogP contribution in [0.2, 0.25) is 0 Å². The molecule has 1 saturated heterocycles. The molecule has 0 aromatic heterocycles. The molecule has 0 bridgehead atoms. The molecule has 2 heterocycles. The third-order valence-corrected chi connectivity index (χ3v) is 7.45. The van der Waals surface area contributed by atoms with Crippen LogP contribution in [0, 0.1) is 0 Å². The summed E-state index contributed by atoms with van der Waals surface area (Å²) in [6, 6.07) is 32.4. The molecular formula is C33H30N4O2. The van der Waals surface area contributed by atoms with E-state index in [-0.39, 0.29) is 5.91 Å². The van der Waals surface area contributed by atoms with Crippen molar-refractivity contribution in [2.75, 3.05) is 43.4 Å². The summed E-state index contributed by atoms with van der Waals surface area (Å²) >= 11 is 0. The number of piperazine rings is 1. The Morgan fingerprint density at radius 3 is 2.08 bits per heavy atom. The molecule has 1 fully saturated rings. The molecule has 4 aromatic rings. The topological polar surface area (TPSA) is 64.7 Å². The number of hydrogen-bond acceptors (Lipinski definition) is 5. The molecule has 39 heavy (non-hydrogen) atoms. The van der Waals surface area contributed by atoms with E-state index in [1.54, 1.807) is 12.3 Å². The number of anilines is 2. The fraction of sp³-hybridized carbons (Fsp3) is 0.152. The number of carbonyl (C=O) groups excluding carboxylic acids is 2. The standard InChI is InChI=1S/C33H30N4O2/c1-36-16-18-37(19-17-36)28-13-11-27(12-14-28)34-22-31-30-21-26(10-15-29(30)32(38)35-33(31)39)25-9-5-8-24(20-25)23-6-3-2-4-7-23/h2-15,20-22,34H,16-19H2,1H3,(H,35,38,39). The molecular weight excluding hydrogens is 484 g/mol. The summed E-state index contributed by atoms with van der Waals surface area (Å²) in [5, 5.41) is 5.74. The highest BCUT2D eigenvalue weighted by atomic mass is 16.2. The third kappa shape index (κ3) is 5.19. The van der Waals surface area contributed by atoms with Crippen LogP contribution in [-0.2, 0) is 4.79 Å². The Kier molecular flexibility index (Phi) is 6.69. The zero-order chi connectivity index (χ0) is 26.8. The maximum atomic E-state index is 12.9. The van der Waals surface area contributed by atoms with E-state index in [0.717, 1.165) is 54.1 Å². The molecule has 4 aromatic carbocycles. The molecule has 0 saturated carbocycles. The van der Waals surface area contributed by atoms with E-state index < -0.39 is 5.91 Å². The van der Waals surface area contributed by atoms with Gasteiger partial charge in [-0.2, -0.15) is 0 Å². The number of benzene rings is 4. The smallest absolute Gasteiger partial charge is 0.260 e. The molecule has 6 nitrogen and oxygen atoms in total. The fourth-order valence-corrected chi connectivity index (χ4v) is 5.15. The van der Waals surface area contributed by atoms with E-state index in [1.165, 1.54) is 5.69 Å². The lowest BCUT2D eigenvalue weighted by molar-refractivity contribution is -0.114. The van der Waals surface area contributed by atoms with Crippen LogP contribution >= 0.6 is 0 Å². The minimum atomic E-state index is -0.413. The second-order valence-corrected chi connectivity index (χ2v) is 10.0. The van der Waals surface area contributed by atoms with E-state index in [0.29, 0.717) is 16.7 Å². The lowest BCUT2D eigenvalue weighted by atomic mass is 9.91. The van der Waals surface area contributed by atoms with Gasteiger partial charge >= 0.3 is 0 Å². The van der Waals surface area contributed by atoms with Gasteiger partial charge in [-0.1, -0.05) is 54.6 Å². The summed E-state index contributed by atoms with van der Waals surface area (Å²) in [5.41, 5.74) is 7.79. The molecule has 2 N–H and O–H groups in total. The van der Waals surface area contributed by atoms with Crippen molar-refractivity contribution in [3.05, 3.63) is 114 Å². The highest BCUT2D eigenvalue weighted by Gasteiger charge is 2.27. The summed E-state index contributed by atoms with van der Waals surface area (Å²) in [4.78, 5) is 30.3. The number of hydrogen-bond donors (Lipinski definition) is 2. The number of nitrogens with zero attached hydrogens (tertiary/aromatic N) is 2. The lowest BCUT2D eigenvalue weighted by Crippen LogP contribution is -2.44. The lowest BCUT2D eigenvalue weighted by Gasteiger charge is -2.34. The number of nitrogens with one attached hydrogen (secondary N) is 2. The van der Waals surface area contributed by atoms with Crippen LogP contribution in [0.5, 0.6) is 0 Å². The molecule has 0 aliphatic carbocycles. The predicted molar refractivity (Wildman–Crippen MR) is 158 cm³/mol. The minimum absolute atomic E-state index is 0.381. The first kappa shape index (κ1) is 24.6. The summed E-state index contributed by atoms with van der Waals surface area (Å²) in [5.74, 6) is -0.794. The minimum Gasteiger partial charge on any atom is -0.369 e. The number of imide groups is 1. The number of carbonyl (C=O) groups is 2. The maximum absolute atomic E-state index is 12.9. The van der Waals surface area contributed by atoms with E-state index in [9.17, 15) is 9.59 Å². The van der Waals surface area contributed by atoms with Crippen LogP contribution < -0.4 is 15.5 Å². The molecule has 0 radical (unpaired) electrons. The van der Waals surface area contributed by atoms with Gasteiger partial charge in [0.1, 0.15) is 0 Å². The molecule has 194 valence electrons. The summed E-state index contributed by atoms with van der Waals surface area (Å²) in [7, 11) is 2.15. The van der Waals surface area contributed by atoms with Crippen molar-refractivity contribution in [2.24, 2.45) is 0 Å². The zero-order valence-corrected chi connectivity index (χ0v) is 21.9. The van der Waals surface area contributed by atoms with Crippen LogP contribution in [-0.4, -0.2) is 49.9 Å². The zero-order valence-electron chi connectivity index (χ0n) is 21.9. The highest BCUT2D eigenvalue weighted by molar-refractivity contribution is 6.31. The highest BCUT2D eigenvalue weighted by Crippen LogP contribution is 2.32. The van der Waals surface area contributed by atoms with E-state index in [1.807, 2.05) is 54.6 Å². The van der Waals surface area contributed by atoms with Gasteiger partial charge in [0, 0.05) is 54.9 Å². The van der Waals surface area contributed by atoms with Gasteiger partial charge in [0.15, 0.2) is 0 Å². The van der Waals surface area contributed by atoms with Crippen molar-refractivity contribution in [3.63, 3.8) is 0 Å². The Hall–Kier alpha value is -4.68. The predicted octanol–water partition coefficient (Wildman–Crippen LogP) is 5.50. The van der Waals surface area contributed by atoms with Crippen molar-refractivity contribution in [1.82, 2.24) is 10.2 Å². The van der Waals surface area contributed by atoms with Crippen LogP contribution in [0.1, 0.15) is 15.9 Å². The van der Waals surface area contributed by atoms with Gasteiger partial charge in [-0.05, 0) is 71.8 Å². The molecule has 0 spiro atoms. The van der Waals surface area contributed by atoms with Crippen molar-refractivity contribution in [1.29, 1.82) is 0 Å². The normalized spacial score (nSPS) is 16.6. The number of amides is 2. The Morgan fingerprint density at radius 2 is 1.33 bits per heavy atom. The summed E-state index contributed by atoms with van der Waals surface area (Å²) in [6.07, 6.45) is 1.69. The Balaban J connectivity index is 1.28. The maximum Gasteiger partial charge on any atom is 0.260 e. The average molecular weight is 515 g/mol. The number of rotatable bonds is 5. The van der Waals surface area contributed by atoms with Gasteiger partial charge in [-0.25, -0.2) is 0 Å². The van der Waals surface area contributed by atoms with E-state index in [2.05, 4.69) is 63.9 Å². The van der Waals surface area contributed by atoms with Gasteiger partial charge in [0.2, 0.25) is 0 Å². The molecule has 0 unspecified atom stereocenters. The van der Waals surface area contributed by atoms with Gasteiger partial charge in [0.05, 0.1) is 5.57 Å². The van der Waals surface area contributed by atoms with Crippen LogP contribution in [0.15, 0.2) is 103 Å². The summed E-state index contributed by atoms with van der Waals surface area (Å²) in [6.45, 7) is 4.12. The molecule has 2 aliphatic rings. The first-order chi connectivity index (χ1) is 19.0. The van der Waals surface area contributed by atoms with Crippen LogP contribution in [0.3, 0.4) is 0 Å². The second kappa shape index (κ2) is 10.6. The van der Waals surface area contributed by atoms with Crippen molar-refractivity contribution >= 4 is 28.8 Å². The fourth-order valence-electron chi connectivity index (χ4n) is 5.15. The molecule has 0 atom stereocenters. The Morgan fingerprint density at radius 1 is 0.667 bits per heavy atom. The average Bonchev–Trinajstić information content (AvgIpc) is 2.98. The summed E-state index contributed by atoms with van der Waals surface area (Å²) < 4.78 is 0. The quantitative estimate of drug-likeness (QED) is 0.272. The third-order valence-electron chi connectivity index (χ3n) is 7.45. The monoisotopic (exact) mass is 514 g/mol. The Bertz CT molecular complexity index is 1550. The first-order valence-electron chi connectivity index (χ1n) is 13.2. The number of likely N-dealkylation sites (N-methyl/N-ethyl adjacent to an activating group) is 1. The SMILES string of the molecule is CN1CCN(c2ccc(NC=C3C(=O)NC(=O)c4ccc(-c5cccc(-c6ccccc6)c5)cc43)cc2)CC1. The van der Waals surface area contributed by atoms with E-state index in [4.69, 9.17) is 0 Å². The Labute approximate surface area is 228 Å². The van der Waals surface area contributed by atoms with Crippen molar-refractivity contribution in [3.8, 4) is 22.3 Å². The van der Waals surface area contributed by atoms with Gasteiger partial charge in [-0.15, -0.1) is 0 Å². The van der Waals surface area contributed by atoms with E-state index >= 15 is 0 Å². The van der Waals surface area contributed by atoms with Gasteiger partial charge < -0.3 is 15.1 Å². The van der Waals surface area contributed by atoms with Gasteiger partial charge in [0.25, 0.3) is 11.8 Å². The van der Waals surface area contributed by atoms with Crippen LogP contribution in [0.4, 0.5) is 11.4 Å². The molecule has 2 aliphatic heterocycles. The molecule has 6 heteroatoms. The van der Waals surface area contributed by atoms with Crippen molar-refractivity contribution in [2.45, 2.75) is 0 Å².